The molecule has 7 nitrogen and oxygen atoms in total. The van der Waals surface area contributed by atoms with Crippen molar-refractivity contribution in [2.24, 2.45) is 7.05 Å². The van der Waals surface area contributed by atoms with Gasteiger partial charge in [0.15, 0.2) is 0 Å². The highest BCUT2D eigenvalue weighted by molar-refractivity contribution is 5.94. The summed E-state index contributed by atoms with van der Waals surface area (Å²) in [6, 6.07) is 5.76. The van der Waals surface area contributed by atoms with E-state index in [-0.39, 0.29) is 23.9 Å². The van der Waals surface area contributed by atoms with Crippen LogP contribution in [-0.4, -0.2) is 62.1 Å². The Hall–Kier alpha value is -2.57. The number of aromatic nitrogens is 3. The minimum Gasteiger partial charge on any atom is -0.338 e. The second-order valence-corrected chi connectivity index (χ2v) is 6.31. The fraction of sp³-hybridized carbons (Fsp3) is 0.438. The van der Waals surface area contributed by atoms with Crippen LogP contribution in [0.1, 0.15) is 22.2 Å². The van der Waals surface area contributed by atoms with Gasteiger partial charge in [-0.1, -0.05) is 0 Å². The normalized spacial score (nSPS) is 23.1. The minimum absolute atomic E-state index is 0.0234. The number of fused-ring (bicyclic) bond motifs is 3. The van der Waals surface area contributed by atoms with Crippen LogP contribution in [-0.2, 0) is 18.3 Å². The first-order chi connectivity index (χ1) is 11.0. The van der Waals surface area contributed by atoms with Crippen molar-refractivity contribution in [2.75, 3.05) is 20.1 Å². The Morgan fingerprint density at radius 3 is 2.74 bits per heavy atom. The molecule has 0 aliphatic carbocycles. The standard InChI is InChI=1S/C16H19N5O2/c1-18-7-5-11(17-18)8-15(22)20-9-13-14(10-20)21-6-3-4-12(21)16(23)19(13)2/h3-7,13-14H,8-10H2,1-2H3/t13-,14+/m1/s1. The third-order valence-corrected chi connectivity index (χ3v) is 4.89. The fourth-order valence-corrected chi connectivity index (χ4v) is 3.65. The van der Waals surface area contributed by atoms with E-state index in [1.165, 1.54) is 0 Å². The fourth-order valence-electron chi connectivity index (χ4n) is 3.65. The monoisotopic (exact) mass is 313 g/mol. The molecule has 0 N–H and O–H groups in total. The van der Waals surface area contributed by atoms with Gasteiger partial charge in [-0.2, -0.15) is 5.10 Å². The van der Waals surface area contributed by atoms with Crippen LogP contribution < -0.4 is 0 Å². The van der Waals surface area contributed by atoms with E-state index in [0.29, 0.717) is 25.2 Å². The van der Waals surface area contributed by atoms with Crippen molar-refractivity contribution in [1.29, 1.82) is 0 Å². The van der Waals surface area contributed by atoms with Gasteiger partial charge in [0.1, 0.15) is 5.69 Å². The van der Waals surface area contributed by atoms with Crippen molar-refractivity contribution in [3.05, 3.63) is 42.0 Å². The predicted molar refractivity (Wildman–Crippen MR) is 82.8 cm³/mol. The molecule has 2 atom stereocenters. The molecule has 0 unspecified atom stereocenters. The van der Waals surface area contributed by atoms with E-state index < -0.39 is 0 Å². The third-order valence-electron chi connectivity index (χ3n) is 4.89. The Bertz CT molecular complexity index is 777. The van der Waals surface area contributed by atoms with E-state index in [0.717, 1.165) is 5.69 Å². The number of likely N-dealkylation sites (tertiary alicyclic amines) is 1. The molecular formula is C16H19N5O2. The van der Waals surface area contributed by atoms with Gasteiger partial charge < -0.3 is 14.4 Å². The quantitative estimate of drug-likeness (QED) is 0.801. The molecule has 2 aliphatic rings. The molecule has 0 aromatic carbocycles. The van der Waals surface area contributed by atoms with E-state index in [1.54, 1.807) is 9.58 Å². The Balaban J connectivity index is 1.55. The molecule has 1 fully saturated rings. The highest BCUT2D eigenvalue weighted by Gasteiger charge is 2.44. The van der Waals surface area contributed by atoms with Crippen LogP contribution in [0.15, 0.2) is 30.6 Å². The van der Waals surface area contributed by atoms with Gasteiger partial charge in [0.2, 0.25) is 5.91 Å². The van der Waals surface area contributed by atoms with Crippen molar-refractivity contribution >= 4 is 11.8 Å². The second-order valence-electron chi connectivity index (χ2n) is 6.31. The maximum Gasteiger partial charge on any atom is 0.270 e. The summed E-state index contributed by atoms with van der Waals surface area (Å²) < 4.78 is 3.71. The summed E-state index contributed by atoms with van der Waals surface area (Å²) in [6.07, 6.45) is 4.08. The smallest absolute Gasteiger partial charge is 0.270 e. The average molecular weight is 313 g/mol. The molecular weight excluding hydrogens is 294 g/mol. The number of nitrogens with zero attached hydrogens (tertiary/aromatic N) is 5. The lowest BCUT2D eigenvalue weighted by molar-refractivity contribution is -0.129. The van der Waals surface area contributed by atoms with Gasteiger partial charge in [0.05, 0.1) is 24.2 Å². The van der Waals surface area contributed by atoms with E-state index in [4.69, 9.17) is 0 Å². The van der Waals surface area contributed by atoms with Crippen LogP contribution in [0, 0.1) is 0 Å². The zero-order chi connectivity index (χ0) is 16.1. The molecule has 2 aromatic rings. The summed E-state index contributed by atoms with van der Waals surface area (Å²) >= 11 is 0. The van der Waals surface area contributed by atoms with Crippen LogP contribution in [0.4, 0.5) is 0 Å². The van der Waals surface area contributed by atoms with Crippen LogP contribution in [0.5, 0.6) is 0 Å². The molecule has 2 amide bonds. The number of rotatable bonds is 2. The van der Waals surface area contributed by atoms with Gasteiger partial charge in [-0.05, 0) is 18.2 Å². The molecule has 4 heterocycles. The van der Waals surface area contributed by atoms with Gasteiger partial charge in [-0.3, -0.25) is 14.3 Å². The predicted octanol–water partition coefficient (Wildman–Crippen LogP) is 0.302. The molecule has 0 spiro atoms. The highest BCUT2D eigenvalue weighted by Crippen LogP contribution is 2.32. The van der Waals surface area contributed by atoms with Crippen LogP contribution in [0.2, 0.25) is 0 Å². The lowest BCUT2D eigenvalue weighted by Crippen LogP contribution is -2.48. The number of aryl methyl sites for hydroxylation is 1. The lowest BCUT2D eigenvalue weighted by atomic mass is 10.1. The summed E-state index contributed by atoms with van der Waals surface area (Å²) in [5, 5.41) is 4.27. The van der Waals surface area contributed by atoms with Crippen molar-refractivity contribution in [3.8, 4) is 0 Å². The molecule has 23 heavy (non-hydrogen) atoms. The molecule has 120 valence electrons. The van der Waals surface area contributed by atoms with Crippen LogP contribution in [0.3, 0.4) is 0 Å². The number of hydrogen-bond acceptors (Lipinski definition) is 3. The minimum atomic E-state index is 0.0234. The first-order valence-corrected chi connectivity index (χ1v) is 7.75. The highest BCUT2D eigenvalue weighted by atomic mass is 16.2. The van der Waals surface area contributed by atoms with Gasteiger partial charge in [0, 0.05) is 39.6 Å². The Morgan fingerprint density at radius 2 is 2.00 bits per heavy atom. The molecule has 0 saturated carbocycles. The molecule has 4 rings (SSSR count). The first-order valence-electron chi connectivity index (χ1n) is 7.75. The number of hydrogen-bond donors (Lipinski definition) is 0. The zero-order valence-electron chi connectivity index (χ0n) is 13.2. The Morgan fingerprint density at radius 1 is 1.22 bits per heavy atom. The first kappa shape index (κ1) is 14.0. The lowest BCUT2D eigenvalue weighted by Gasteiger charge is -2.35. The summed E-state index contributed by atoms with van der Waals surface area (Å²) in [4.78, 5) is 28.6. The number of carbonyl (C=O) groups excluding carboxylic acids is 2. The Kier molecular flexibility index (Phi) is 3.04. The topological polar surface area (TPSA) is 63.4 Å². The van der Waals surface area contributed by atoms with E-state index in [1.807, 2.05) is 54.2 Å². The molecule has 0 radical (unpaired) electrons. The maximum absolute atomic E-state index is 12.6. The third kappa shape index (κ3) is 2.15. The van der Waals surface area contributed by atoms with Gasteiger partial charge in [-0.15, -0.1) is 0 Å². The van der Waals surface area contributed by atoms with E-state index in [2.05, 4.69) is 5.10 Å². The van der Waals surface area contributed by atoms with Gasteiger partial charge in [-0.25, -0.2) is 0 Å². The molecule has 7 heteroatoms. The Labute approximate surface area is 134 Å². The van der Waals surface area contributed by atoms with Gasteiger partial charge >= 0.3 is 0 Å². The summed E-state index contributed by atoms with van der Waals surface area (Å²) in [5.41, 5.74) is 1.48. The second kappa shape index (κ2) is 4.97. The molecule has 1 saturated heterocycles. The van der Waals surface area contributed by atoms with Crippen molar-refractivity contribution in [3.63, 3.8) is 0 Å². The maximum atomic E-state index is 12.6. The number of carbonyl (C=O) groups is 2. The largest absolute Gasteiger partial charge is 0.338 e. The number of likely N-dealkylation sites (N-methyl/N-ethyl adjacent to an activating group) is 1. The van der Waals surface area contributed by atoms with Crippen molar-refractivity contribution < 1.29 is 9.59 Å². The van der Waals surface area contributed by atoms with Crippen LogP contribution in [0.25, 0.3) is 0 Å². The van der Waals surface area contributed by atoms with Crippen LogP contribution >= 0.6 is 0 Å². The molecule has 2 aromatic heterocycles. The summed E-state index contributed by atoms with van der Waals surface area (Å²) in [7, 11) is 3.66. The summed E-state index contributed by atoms with van der Waals surface area (Å²) in [5.74, 6) is 0.0860. The molecule has 0 bridgehead atoms. The van der Waals surface area contributed by atoms with E-state index in [9.17, 15) is 9.59 Å². The van der Waals surface area contributed by atoms with Crippen molar-refractivity contribution in [2.45, 2.75) is 18.5 Å². The van der Waals surface area contributed by atoms with Gasteiger partial charge in [0.25, 0.3) is 5.91 Å². The average Bonchev–Trinajstić information content (AvgIpc) is 3.22. The van der Waals surface area contributed by atoms with Crippen molar-refractivity contribution in [1.82, 2.24) is 24.1 Å². The van der Waals surface area contributed by atoms with E-state index >= 15 is 0 Å². The summed E-state index contributed by atoms with van der Waals surface area (Å²) in [6.45, 7) is 1.21. The number of amides is 2. The SMILES string of the molecule is CN1C(=O)c2cccn2[C@H]2CN(C(=O)Cc3ccn(C)n3)C[C@H]21. The molecule has 2 aliphatic heterocycles. The zero-order valence-corrected chi connectivity index (χ0v) is 13.2.